The van der Waals surface area contributed by atoms with E-state index in [4.69, 9.17) is 5.10 Å². The van der Waals surface area contributed by atoms with E-state index in [2.05, 4.69) is 26.1 Å². The van der Waals surface area contributed by atoms with Crippen LogP contribution in [0.5, 0.6) is 0 Å². The summed E-state index contributed by atoms with van der Waals surface area (Å²) in [6, 6.07) is 9.85. The van der Waals surface area contributed by atoms with Gasteiger partial charge in [-0.15, -0.1) is 0 Å². The van der Waals surface area contributed by atoms with Gasteiger partial charge >= 0.3 is 0 Å². The quantitative estimate of drug-likeness (QED) is 0.699. The summed E-state index contributed by atoms with van der Waals surface area (Å²) in [7, 11) is 0. The molecule has 1 N–H and O–H groups in total. The van der Waals surface area contributed by atoms with Gasteiger partial charge in [-0.3, -0.25) is 9.59 Å². The van der Waals surface area contributed by atoms with Gasteiger partial charge in [0.2, 0.25) is 11.8 Å². The minimum Gasteiger partial charge on any atom is -0.331 e. The number of aryl methyl sites for hydroxylation is 1. The third-order valence-electron chi connectivity index (χ3n) is 4.96. The van der Waals surface area contributed by atoms with Gasteiger partial charge in [-0.1, -0.05) is 59.2 Å². The molecule has 0 saturated heterocycles. The number of aromatic nitrogens is 2. The first-order chi connectivity index (χ1) is 14.2. The van der Waals surface area contributed by atoms with Gasteiger partial charge in [-0.2, -0.15) is 5.10 Å². The van der Waals surface area contributed by atoms with E-state index in [0.717, 1.165) is 16.9 Å². The van der Waals surface area contributed by atoms with Gasteiger partial charge in [-0.05, 0) is 38.3 Å². The van der Waals surface area contributed by atoms with Gasteiger partial charge in [0.25, 0.3) is 0 Å². The highest BCUT2D eigenvalue weighted by atomic mass is 16.2. The second kappa shape index (κ2) is 9.25. The van der Waals surface area contributed by atoms with Crippen molar-refractivity contribution in [2.75, 3.05) is 11.9 Å². The third-order valence-corrected chi connectivity index (χ3v) is 4.96. The van der Waals surface area contributed by atoms with Crippen LogP contribution in [0, 0.1) is 12.3 Å². The Bertz CT molecular complexity index is 912. The van der Waals surface area contributed by atoms with Crippen LogP contribution in [0.1, 0.15) is 73.1 Å². The molecule has 0 spiro atoms. The second-order valence-electron chi connectivity index (χ2n) is 10.8. The lowest BCUT2D eigenvalue weighted by Gasteiger charge is -2.29. The number of rotatable bonds is 6. The van der Waals surface area contributed by atoms with E-state index >= 15 is 0 Å². The van der Waals surface area contributed by atoms with Crippen LogP contribution in [0.15, 0.2) is 30.3 Å². The van der Waals surface area contributed by atoms with Crippen molar-refractivity contribution in [2.24, 2.45) is 5.41 Å². The maximum atomic E-state index is 12.9. The van der Waals surface area contributed by atoms with Crippen LogP contribution in [-0.2, 0) is 15.0 Å². The van der Waals surface area contributed by atoms with Gasteiger partial charge in [0, 0.05) is 23.9 Å². The number of hydrogen-bond donors (Lipinski definition) is 1. The van der Waals surface area contributed by atoms with Gasteiger partial charge in [0.05, 0.1) is 11.4 Å². The van der Waals surface area contributed by atoms with E-state index < -0.39 is 0 Å². The molecule has 6 nitrogen and oxygen atoms in total. The number of carbonyl (C=O) groups excluding carboxylic acids is 2. The Morgan fingerprint density at radius 3 is 2.13 bits per heavy atom. The van der Waals surface area contributed by atoms with E-state index in [1.807, 2.05) is 71.9 Å². The first-order valence-corrected chi connectivity index (χ1v) is 10.9. The number of carbonyl (C=O) groups is 2. The Morgan fingerprint density at radius 2 is 1.65 bits per heavy atom. The minimum atomic E-state index is -0.232. The number of nitrogens with one attached hydrogen (secondary N) is 1. The highest BCUT2D eigenvalue weighted by Crippen LogP contribution is 2.27. The molecule has 1 aromatic carbocycles. The molecule has 0 aliphatic rings. The average Bonchev–Trinajstić information content (AvgIpc) is 3.02. The Morgan fingerprint density at radius 1 is 1.06 bits per heavy atom. The number of nitrogens with zero attached hydrogens (tertiary/aromatic N) is 3. The number of hydrogen-bond acceptors (Lipinski definition) is 3. The Balaban J connectivity index is 2.29. The van der Waals surface area contributed by atoms with Crippen molar-refractivity contribution in [1.82, 2.24) is 14.7 Å². The largest absolute Gasteiger partial charge is 0.331 e. The molecule has 0 saturated carbocycles. The molecular formula is C25H38N4O2. The summed E-state index contributed by atoms with van der Waals surface area (Å²) in [5, 5.41) is 7.74. The lowest BCUT2D eigenvalue weighted by Crippen LogP contribution is -2.43. The molecule has 0 bridgehead atoms. The molecule has 170 valence electrons. The summed E-state index contributed by atoms with van der Waals surface area (Å²) in [4.78, 5) is 27.4. The van der Waals surface area contributed by atoms with Gasteiger partial charge in [0.15, 0.2) is 0 Å². The monoisotopic (exact) mass is 426 g/mol. The van der Waals surface area contributed by atoms with Crippen LogP contribution in [0.4, 0.5) is 5.82 Å². The van der Waals surface area contributed by atoms with E-state index in [-0.39, 0.29) is 35.2 Å². The van der Waals surface area contributed by atoms with Crippen molar-refractivity contribution < 1.29 is 9.59 Å². The fourth-order valence-electron chi connectivity index (χ4n) is 3.17. The summed E-state index contributed by atoms with van der Waals surface area (Å²) in [5.74, 6) is 0.357. The summed E-state index contributed by atoms with van der Waals surface area (Å²) in [5.41, 5.74) is 2.62. The number of amides is 2. The molecule has 0 unspecified atom stereocenters. The zero-order valence-corrected chi connectivity index (χ0v) is 20.5. The normalized spacial score (nSPS) is 12.2. The minimum absolute atomic E-state index is 0.0104. The highest BCUT2D eigenvalue weighted by Gasteiger charge is 2.26. The van der Waals surface area contributed by atoms with Crippen LogP contribution < -0.4 is 5.32 Å². The highest BCUT2D eigenvalue weighted by molar-refractivity contribution is 5.94. The first kappa shape index (κ1) is 24.6. The summed E-state index contributed by atoms with van der Waals surface area (Å²) >= 11 is 0. The van der Waals surface area contributed by atoms with Crippen molar-refractivity contribution in [3.8, 4) is 5.69 Å². The zero-order valence-electron chi connectivity index (χ0n) is 20.5. The molecule has 6 heteroatoms. The topological polar surface area (TPSA) is 67.2 Å². The maximum Gasteiger partial charge on any atom is 0.245 e. The molecule has 1 heterocycles. The Labute approximate surface area is 187 Å². The van der Waals surface area contributed by atoms with Crippen LogP contribution in [-0.4, -0.2) is 39.1 Å². The summed E-state index contributed by atoms with van der Waals surface area (Å²) in [6.45, 7) is 18.3. The molecule has 0 fully saturated rings. The molecular weight excluding hydrogens is 388 g/mol. The van der Waals surface area contributed by atoms with Crippen LogP contribution in [0.2, 0.25) is 0 Å². The fraction of sp³-hybridized carbons (Fsp3) is 0.560. The molecule has 0 atom stereocenters. The zero-order chi connectivity index (χ0) is 23.6. The lowest BCUT2D eigenvalue weighted by molar-refractivity contribution is -0.138. The maximum absolute atomic E-state index is 12.9. The molecule has 31 heavy (non-hydrogen) atoms. The van der Waals surface area contributed by atoms with Crippen LogP contribution in [0.25, 0.3) is 5.69 Å². The lowest BCUT2D eigenvalue weighted by atomic mass is 9.91. The molecule has 2 aromatic rings. The first-order valence-electron chi connectivity index (χ1n) is 10.9. The van der Waals surface area contributed by atoms with Gasteiger partial charge in [-0.25, -0.2) is 4.68 Å². The van der Waals surface area contributed by atoms with Crippen LogP contribution >= 0.6 is 0 Å². The van der Waals surface area contributed by atoms with Crippen molar-refractivity contribution >= 4 is 17.6 Å². The third kappa shape index (κ3) is 6.94. The van der Waals surface area contributed by atoms with Crippen molar-refractivity contribution in [3.05, 3.63) is 41.6 Å². The molecule has 0 radical (unpaired) electrons. The number of anilines is 1. The number of benzene rings is 1. The molecule has 1 aromatic heterocycles. The SMILES string of the molecule is Cc1ccc(-n2nc(C(C)(C)C)cc2NC(=O)CN(C(=O)CC(C)(C)C)C(C)C)cc1. The van der Waals surface area contributed by atoms with E-state index in [9.17, 15) is 9.59 Å². The van der Waals surface area contributed by atoms with E-state index in [1.54, 1.807) is 9.58 Å². The van der Waals surface area contributed by atoms with E-state index in [1.165, 1.54) is 0 Å². The summed E-state index contributed by atoms with van der Waals surface area (Å²) < 4.78 is 1.76. The Hall–Kier alpha value is -2.63. The predicted molar refractivity (Wildman–Crippen MR) is 127 cm³/mol. The van der Waals surface area contributed by atoms with Crippen LogP contribution in [0.3, 0.4) is 0 Å². The van der Waals surface area contributed by atoms with Crippen molar-refractivity contribution in [1.29, 1.82) is 0 Å². The average molecular weight is 427 g/mol. The summed E-state index contributed by atoms with van der Waals surface area (Å²) in [6.07, 6.45) is 0.397. The molecule has 2 amide bonds. The van der Waals surface area contributed by atoms with E-state index in [0.29, 0.717) is 12.2 Å². The van der Waals surface area contributed by atoms with Gasteiger partial charge < -0.3 is 10.2 Å². The predicted octanol–water partition coefficient (Wildman–Crippen LogP) is 5.09. The standard InChI is InChI=1S/C25H38N4O2/c1-17(2)28(23(31)15-24(4,5)6)16-22(30)26-21-14-20(25(7,8)9)27-29(21)19-12-10-18(3)11-13-19/h10-14,17H,15-16H2,1-9H3,(H,26,30). The van der Waals surface area contributed by atoms with Crippen molar-refractivity contribution in [3.63, 3.8) is 0 Å². The molecule has 2 rings (SSSR count). The Kier molecular flexibility index (Phi) is 7.35. The molecule has 0 aliphatic carbocycles. The fourth-order valence-corrected chi connectivity index (χ4v) is 3.17. The smallest absolute Gasteiger partial charge is 0.245 e. The second-order valence-corrected chi connectivity index (χ2v) is 10.8. The molecule has 0 aliphatic heterocycles. The van der Waals surface area contributed by atoms with Crippen molar-refractivity contribution in [2.45, 2.75) is 80.2 Å². The van der Waals surface area contributed by atoms with Gasteiger partial charge in [0.1, 0.15) is 12.4 Å².